The monoisotopic (exact) mass is 161 g/mol. The number of primary amides is 1. The van der Waals surface area contributed by atoms with Crippen LogP contribution in [0.25, 0.3) is 0 Å². The van der Waals surface area contributed by atoms with E-state index >= 15 is 0 Å². The summed E-state index contributed by atoms with van der Waals surface area (Å²) in [7, 11) is 0. The molecule has 1 aromatic heterocycles. The highest BCUT2D eigenvalue weighted by molar-refractivity contribution is 5.92. The van der Waals surface area contributed by atoms with Gasteiger partial charge >= 0.3 is 0 Å². The number of nitrogens with two attached hydrogens (primary N) is 2. The molecule has 1 amide bonds. The summed E-state index contributed by atoms with van der Waals surface area (Å²) in [6, 6.07) is 3.21. The Kier molecular flexibility index (Phi) is 2.29. The molecule has 0 saturated carbocycles. The second-order valence-electron chi connectivity index (χ2n) is 2.08. The summed E-state index contributed by atoms with van der Waals surface area (Å²) < 4.78 is 0. The lowest BCUT2D eigenvalue weighted by molar-refractivity contribution is -0.112. The smallest absolute Gasteiger partial charge is 0.293 e. The number of hydrogen-bond donors (Lipinski definition) is 2. The van der Waals surface area contributed by atoms with Gasteiger partial charge in [-0.2, -0.15) is 0 Å². The zero-order valence-corrected chi connectivity index (χ0v) is 6.24. The van der Waals surface area contributed by atoms with E-state index in [0.29, 0.717) is 11.4 Å². The molecule has 0 radical (unpaired) electrons. The van der Waals surface area contributed by atoms with Crippen molar-refractivity contribution in [2.45, 2.75) is 0 Å². The Labute approximate surface area is 69.6 Å². The number of aromatic nitrogens is 1. The van der Waals surface area contributed by atoms with Gasteiger partial charge in [0.2, 0.25) is 0 Å². The van der Waals surface area contributed by atoms with Crippen LogP contribution >= 0.6 is 0 Å². The quantitative estimate of drug-likeness (QED) is 0.503. The van der Waals surface area contributed by atoms with Crippen molar-refractivity contribution in [3.8, 4) is 11.8 Å². The van der Waals surface area contributed by atoms with Crippen LogP contribution in [0.5, 0.6) is 0 Å². The van der Waals surface area contributed by atoms with Crippen molar-refractivity contribution in [1.82, 2.24) is 4.98 Å². The van der Waals surface area contributed by atoms with Gasteiger partial charge in [-0.25, -0.2) is 4.98 Å². The molecule has 1 aromatic rings. The SMILES string of the molecule is NC(=O)C#Cc1ccnc(N)c1. The minimum Gasteiger partial charge on any atom is -0.384 e. The van der Waals surface area contributed by atoms with E-state index < -0.39 is 5.91 Å². The summed E-state index contributed by atoms with van der Waals surface area (Å²) >= 11 is 0. The van der Waals surface area contributed by atoms with E-state index in [-0.39, 0.29) is 0 Å². The molecule has 1 heterocycles. The van der Waals surface area contributed by atoms with E-state index in [4.69, 9.17) is 11.5 Å². The Morgan fingerprint density at radius 2 is 2.33 bits per heavy atom. The third kappa shape index (κ3) is 2.31. The van der Waals surface area contributed by atoms with Crippen molar-refractivity contribution in [3.63, 3.8) is 0 Å². The highest BCUT2D eigenvalue weighted by Gasteiger charge is 1.88. The van der Waals surface area contributed by atoms with Gasteiger partial charge < -0.3 is 11.5 Å². The molecule has 0 atom stereocenters. The number of pyridine rings is 1. The number of carbonyl (C=O) groups excluding carboxylic acids is 1. The number of hydrogen-bond acceptors (Lipinski definition) is 3. The summed E-state index contributed by atoms with van der Waals surface area (Å²) in [4.78, 5) is 14.0. The Hall–Kier alpha value is -2.02. The molecule has 4 nitrogen and oxygen atoms in total. The fourth-order valence-electron chi connectivity index (χ4n) is 0.660. The van der Waals surface area contributed by atoms with Crippen LogP contribution in [0.4, 0.5) is 5.82 Å². The maximum Gasteiger partial charge on any atom is 0.293 e. The molecule has 12 heavy (non-hydrogen) atoms. The molecular weight excluding hydrogens is 154 g/mol. The first-order valence-electron chi connectivity index (χ1n) is 3.21. The normalized spacial score (nSPS) is 8.33. The predicted molar refractivity (Wildman–Crippen MR) is 44.7 cm³/mol. The Bertz CT molecular complexity index is 362. The lowest BCUT2D eigenvalue weighted by atomic mass is 10.2. The molecule has 0 aliphatic rings. The molecule has 0 bridgehead atoms. The molecule has 4 heteroatoms. The number of nitrogens with zero attached hydrogens (tertiary/aromatic N) is 1. The summed E-state index contributed by atoms with van der Waals surface area (Å²) in [5.41, 5.74) is 10.8. The van der Waals surface area contributed by atoms with Crippen LogP contribution in [0.15, 0.2) is 18.3 Å². The van der Waals surface area contributed by atoms with Gasteiger partial charge in [0.1, 0.15) is 5.82 Å². The maximum atomic E-state index is 10.3. The van der Waals surface area contributed by atoms with E-state index in [2.05, 4.69) is 16.8 Å². The Balaban J connectivity index is 2.92. The van der Waals surface area contributed by atoms with Crippen LogP contribution in [0.3, 0.4) is 0 Å². The fourth-order valence-corrected chi connectivity index (χ4v) is 0.660. The average molecular weight is 161 g/mol. The average Bonchev–Trinajstić information content (AvgIpc) is 2.01. The zero-order chi connectivity index (χ0) is 8.97. The van der Waals surface area contributed by atoms with Gasteiger partial charge in [-0.15, -0.1) is 0 Å². The van der Waals surface area contributed by atoms with Gasteiger partial charge in [0.15, 0.2) is 0 Å². The molecule has 0 saturated heterocycles. The topological polar surface area (TPSA) is 82.0 Å². The number of amides is 1. The van der Waals surface area contributed by atoms with Crippen LogP contribution in [-0.4, -0.2) is 10.9 Å². The van der Waals surface area contributed by atoms with Gasteiger partial charge in [-0.1, -0.05) is 5.92 Å². The first-order valence-corrected chi connectivity index (χ1v) is 3.21. The molecule has 0 fully saturated rings. The molecule has 60 valence electrons. The first-order chi connectivity index (χ1) is 5.68. The first kappa shape index (κ1) is 8.08. The Morgan fingerprint density at radius 1 is 1.58 bits per heavy atom. The zero-order valence-electron chi connectivity index (χ0n) is 6.24. The molecule has 0 aliphatic carbocycles. The van der Waals surface area contributed by atoms with Gasteiger partial charge in [0.25, 0.3) is 5.91 Å². The van der Waals surface area contributed by atoms with Crippen LogP contribution in [0.1, 0.15) is 5.56 Å². The molecule has 0 spiro atoms. The van der Waals surface area contributed by atoms with E-state index in [1.54, 1.807) is 12.1 Å². The number of carbonyl (C=O) groups is 1. The van der Waals surface area contributed by atoms with Gasteiger partial charge in [-0.3, -0.25) is 4.79 Å². The van der Waals surface area contributed by atoms with Crippen molar-refractivity contribution in [2.75, 3.05) is 5.73 Å². The summed E-state index contributed by atoms with van der Waals surface area (Å²) in [5, 5.41) is 0. The molecule has 1 rings (SSSR count). The van der Waals surface area contributed by atoms with E-state index in [0.717, 1.165) is 0 Å². The molecular formula is C8H7N3O. The number of rotatable bonds is 0. The van der Waals surface area contributed by atoms with Crippen molar-refractivity contribution in [1.29, 1.82) is 0 Å². The molecule has 0 unspecified atom stereocenters. The third-order valence-corrected chi connectivity index (χ3v) is 1.11. The van der Waals surface area contributed by atoms with Crippen LogP contribution in [0, 0.1) is 11.8 Å². The second kappa shape index (κ2) is 3.39. The minimum atomic E-state index is -0.662. The Morgan fingerprint density at radius 3 is 2.92 bits per heavy atom. The molecule has 0 aromatic carbocycles. The lowest BCUT2D eigenvalue weighted by Gasteiger charge is -1.90. The van der Waals surface area contributed by atoms with E-state index in [1.165, 1.54) is 6.20 Å². The van der Waals surface area contributed by atoms with Crippen molar-refractivity contribution < 1.29 is 4.79 Å². The van der Waals surface area contributed by atoms with E-state index in [1.807, 2.05) is 0 Å². The maximum absolute atomic E-state index is 10.3. The van der Waals surface area contributed by atoms with Gasteiger partial charge in [0.05, 0.1) is 0 Å². The van der Waals surface area contributed by atoms with E-state index in [9.17, 15) is 4.79 Å². The second-order valence-corrected chi connectivity index (χ2v) is 2.08. The summed E-state index contributed by atoms with van der Waals surface area (Å²) in [5.74, 6) is 4.44. The predicted octanol–water partition coefficient (Wildman–Crippen LogP) is -0.499. The van der Waals surface area contributed by atoms with Crippen LogP contribution in [0.2, 0.25) is 0 Å². The molecule has 4 N–H and O–H groups in total. The van der Waals surface area contributed by atoms with Crippen LogP contribution in [-0.2, 0) is 4.79 Å². The minimum absolute atomic E-state index is 0.367. The third-order valence-electron chi connectivity index (χ3n) is 1.11. The highest BCUT2D eigenvalue weighted by Crippen LogP contribution is 1.99. The summed E-state index contributed by atoms with van der Waals surface area (Å²) in [6.45, 7) is 0. The fraction of sp³-hybridized carbons (Fsp3) is 0. The number of nitrogen functional groups attached to an aromatic ring is 1. The largest absolute Gasteiger partial charge is 0.384 e. The summed E-state index contributed by atoms with van der Waals surface area (Å²) in [6.07, 6.45) is 1.51. The van der Waals surface area contributed by atoms with Crippen molar-refractivity contribution >= 4 is 11.7 Å². The molecule has 0 aliphatic heterocycles. The standard InChI is InChI=1S/C8H7N3O/c9-7-5-6(3-4-11-7)1-2-8(10)12/h3-5H,(H2,9,11)(H2,10,12). The number of anilines is 1. The van der Waals surface area contributed by atoms with Crippen molar-refractivity contribution in [3.05, 3.63) is 23.9 Å². The highest BCUT2D eigenvalue weighted by atomic mass is 16.1. The lowest BCUT2D eigenvalue weighted by Crippen LogP contribution is -2.06. The van der Waals surface area contributed by atoms with Gasteiger partial charge in [-0.05, 0) is 18.1 Å². The van der Waals surface area contributed by atoms with Crippen molar-refractivity contribution in [2.24, 2.45) is 5.73 Å². The van der Waals surface area contributed by atoms with Crippen LogP contribution < -0.4 is 11.5 Å². The van der Waals surface area contributed by atoms with Gasteiger partial charge in [0, 0.05) is 11.8 Å².